The monoisotopic (exact) mass is 521 g/mol. The van der Waals surface area contributed by atoms with Gasteiger partial charge in [-0.1, -0.05) is 46.2 Å². The molecule has 37 heavy (non-hydrogen) atoms. The van der Waals surface area contributed by atoms with Crippen molar-refractivity contribution in [3.63, 3.8) is 0 Å². The van der Waals surface area contributed by atoms with Crippen molar-refractivity contribution in [1.29, 1.82) is 0 Å². The van der Waals surface area contributed by atoms with Crippen LogP contribution in [0.2, 0.25) is 0 Å². The first-order chi connectivity index (χ1) is 17.3. The van der Waals surface area contributed by atoms with E-state index in [9.17, 15) is 29.1 Å². The number of carbonyl (C=O) groups is 5. The predicted octanol–water partition coefficient (Wildman–Crippen LogP) is -0.359. The van der Waals surface area contributed by atoms with Gasteiger partial charge in [-0.15, -0.1) is 0 Å². The van der Waals surface area contributed by atoms with Crippen molar-refractivity contribution in [2.75, 3.05) is 13.1 Å². The summed E-state index contributed by atoms with van der Waals surface area (Å²) in [4.78, 5) is 61.2. The fraction of sp³-hybridized carbons (Fsp3) is 0.560. The van der Waals surface area contributed by atoms with Gasteiger partial charge in [-0.25, -0.2) is 0 Å². The number of carboxylic acid groups (broad SMARTS) is 1. The number of hydrogen-bond acceptors (Lipinski definition) is 7. The predicted molar refractivity (Wildman–Crippen MR) is 136 cm³/mol. The zero-order valence-corrected chi connectivity index (χ0v) is 21.7. The van der Waals surface area contributed by atoms with Gasteiger partial charge in [0.15, 0.2) is 0 Å². The highest BCUT2D eigenvalue weighted by Crippen LogP contribution is 2.13. The van der Waals surface area contributed by atoms with Gasteiger partial charge in [-0.3, -0.25) is 24.0 Å². The van der Waals surface area contributed by atoms with E-state index < -0.39 is 60.8 Å². The number of nitrogens with one attached hydrogen (secondary N) is 4. The molecular weight excluding hydrogens is 482 g/mol. The van der Waals surface area contributed by atoms with E-state index in [-0.39, 0.29) is 30.4 Å². The van der Waals surface area contributed by atoms with Gasteiger partial charge in [-0.2, -0.15) is 0 Å². The van der Waals surface area contributed by atoms with Gasteiger partial charge in [-0.05, 0) is 36.0 Å². The Hall–Kier alpha value is -3.67. The lowest BCUT2D eigenvalue weighted by Gasteiger charge is -2.26. The first-order valence-electron chi connectivity index (χ1n) is 12.2. The Morgan fingerprint density at radius 2 is 1.46 bits per heavy atom. The number of amides is 4. The maximum atomic E-state index is 13.3. The van der Waals surface area contributed by atoms with Gasteiger partial charge in [0.25, 0.3) is 0 Å². The molecule has 0 fully saturated rings. The molecule has 0 aromatic heterocycles. The van der Waals surface area contributed by atoms with Gasteiger partial charge in [0, 0.05) is 6.42 Å². The molecule has 0 saturated carbocycles. The summed E-state index contributed by atoms with van der Waals surface area (Å²) in [7, 11) is 0. The quantitative estimate of drug-likeness (QED) is 0.162. The number of aliphatic carboxylic acids is 1. The third-order valence-electron chi connectivity index (χ3n) is 5.77. The summed E-state index contributed by atoms with van der Waals surface area (Å²) >= 11 is 0. The third kappa shape index (κ3) is 11.7. The van der Waals surface area contributed by atoms with E-state index in [1.54, 1.807) is 12.1 Å². The summed E-state index contributed by atoms with van der Waals surface area (Å²) < 4.78 is 0. The van der Waals surface area contributed by atoms with Crippen LogP contribution in [-0.2, 0) is 30.4 Å². The highest BCUT2D eigenvalue weighted by atomic mass is 16.4. The molecule has 206 valence electrons. The van der Waals surface area contributed by atoms with Crippen LogP contribution in [0.25, 0.3) is 0 Å². The molecule has 4 atom stereocenters. The van der Waals surface area contributed by atoms with Crippen LogP contribution in [0, 0.1) is 11.8 Å². The second-order valence-corrected chi connectivity index (χ2v) is 9.42. The third-order valence-corrected chi connectivity index (χ3v) is 5.77. The minimum atomic E-state index is -1.22. The second-order valence-electron chi connectivity index (χ2n) is 9.42. The van der Waals surface area contributed by atoms with Crippen LogP contribution in [0.4, 0.5) is 0 Å². The number of carbonyl (C=O) groups excluding carboxylic acids is 4. The molecule has 1 rings (SSSR count). The number of phenols is 1. The molecule has 12 nitrogen and oxygen atoms in total. The minimum absolute atomic E-state index is 0.000789. The number of benzene rings is 1. The number of rotatable bonds is 15. The van der Waals surface area contributed by atoms with Crippen molar-refractivity contribution in [3.8, 4) is 5.75 Å². The van der Waals surface area contributed by atoms with Crippen molar-refractivity contribution in [2.45, 2.75) is 65.1 Å². The summed E-state index contributed by atoms with van der Waals surface area (Å²) in [6.45, 7) is 6.39. The van der Waals surface area contributed by atoms with Gasteiger partial charge in [0.05, 0.1) is 12.6 Å². The van der Waals surface area contributed by atoms with Crippen LogP contribution >= 0.6 is 0 Å². The molecule has 0 unspecified atom stereocenters. The summed E-state index contributed by atoms with van der Waals surface area (Å²) in [5.41, 5.74) is 6.71. The molecule has 0 aliphatic carbocycles. The SMILES string of the molecule is CC[C@H](C)[C@H](N)C(=O)N[C@@H](Cc1ccc(O)cc1)C(=O)N[C@@H](CC(C)C)C(=O)NCC(=O)NCC(=O)O. The first-order valence-corrected chi connectivity index (χ1v) is 12.2. The number of aromatic hydroxyl groups is 1. The molecule has 4 amide bonds. The Kier molecular flexibility index (Phi) is 13.1. The van der Waals surface area contributed by atoms with E-state index >= 15 is 0 Å². The van der Waals surface area contributed by atoms with E-state index in [0.717, 1.165) is 0 Å². The topological polar surface area (TPSA) is 200 Å². The molecule has 0 saturated heterocycles. The Balaban J connectivity index is 3.02. The Bertz CT molecular complexity index is 936. The minimum Gasteiger partial charge on any atom is -0.508 e. The number of nitrogens with two attached hydrogens (primary N) is 1. The zero-order valence-electron chi connectivity index (χ0n) is 21.7. The Labute approximate surface area is 216 Å². The Morgan fingerprint density at radius 3 is 2.00 bits per heavy atom. The molecular formula is C25H39N5O7. The first kappa shape index (κ1) is 31.4. The standard InChI is InChI=1S/C25H39N5O7/c1-5-15(4)22(26)25(37)30-19(11-16-6-8-17(31)9-7-16)24(36)29-18(10-14(2)3)23(35)28-12-20(32)27-13-21(33)34/h6-9,14-15,18-19,22,31H,5,10-13,26H2,1-4H3,(H,27,32)(H,28,35)(H,29,36)(H,30,37)(H,33,34)/t15-,18-,19-,22-/m0/s1. The normalized spacial score (nSPS) is 14.1. The van der Waals surface area contributed by atoms with Crippen molar-refractivity contribution in [1.82, 2.24) is 21.3 Å². The molecule has 1 aromatic carbocycles. The van der Waals surface area contributed by atoms with Crippen LogP contribution in [0.5, 0.6) is 5.75 Å². The number of phenolic OH excluding ortho intramolecular Hbond substituents is 1. The van der Waals surface area contributed by atoms with E-state index in [1.807, 2.05) is 27.7 Å². The van der Waals surface area contributed by atoms with Crippen LogP contribution in [0.3, 0.4) is 0 Å². The van der Waals surface area contributed by atoms with Crippen molar-refractivity contribution >= 4 is 29.6 Å². The smallest absolute Gasteiger partial charge is 0.322 e. The van der Waals surface area contributed by atoms with Crippen LogP contribution < -0.4 is 27.0 Å². The van der Waals surface area contributed by atoms with Gasteiger partial charge in [0.1, 0.15) is 24.4 Å². The number of carboxylic acids is 1. The highest BCUT2D eigenvalue weighted by molar-refractivity contribution is 5.94. The maximum absolute atomic E-state index is 13.3. The molecule has 0 radical (unpaired) electrons. The van der Waals surface area contributed by atoms with Gasteiger partial charge in [0.2, 0.25) is 23.6 Å². The molecule has 12 heteroatoms. The lowest BCUT2D eigenvalue weighted by atomic mass is 9.97. The van der Waals surface area contributed by atoms with Crippen LogP contribution in [-0.4, -0.2) is 71.0 Å². The summed E-state index contributed by atoms with van der Waals surface area (Å²) in [5, 5.41) is 28.1. The van der Waals surface area contributed by atoms with E-state index in [0.29, 0.717) is 12.0 Å². The van der Waals surface area contributed by atoms with Crippen molar-refractivity contribution < 1.29 is 34.2 Å². The zero-order chi connectivity index (χ0) is 28.1. The average molecular weight is 522 g/mol. The molecule has 0 aliphatic heterocycles. The second kappa shape index (κ2) is 15.4. The number of hydrogen-bond donors (Lipinski definition) is 7. The molecule has 8 N–H and O–H groups in total. The summed E-state index contributed by atoms with van der Waals surface area (Å²) in [6.07, 6.45) is 0.999. The van der Waals surface area contributed by atoms with E-state index in [1.165, 1.54) is 12.1 Å². The van der Waals surface area contributed by atoms with Crippen molar-refractivity contribution in [3.05, 3.63) is 29.8 Å². The lowest BCUT2D eigenvalue weighted by molar-refractivity contribution is -0.138. The fourth-order valence-corrected chi connectivity index (χ4v) is 3.36. The fourth-order valence-electron chi connectivity index (χ4n) is 3.36. The lowest BCUT2D eigenvalue weighted by Crippen LogP contribution is -2.57. The maximum Gasteiger partial charge on any atom is 0.322 e. The van der Waals surface area contributed by atoms with Crippen LogP contribution in [0.15, 0.2) is 24.3 Å². The van der Waals surface area contributed by atoms with E-state index in [2.05, 4.69) is 21.3 Å². The van der Waals surface area contributed by atoms with Crippen LogP contribution in [0.1, 0.15) is 46.1 Å². The van der Waals surface area contributed by atoms with Gasteiger partial charge >= 0.3 is 5.97 Å². The van der Waals surface area contributed by atoms with E-state index in [4.69, 9.17) is 10.8 Å². The largest absolute Gasteiger partial charge is 0.508 e. The average Bonchev–Trinajstić information content (AvgIpc) is 2.84. The Morgan fingerprint density at radius 1 is 0.865 bits per heavy atom. The van der Waals surface area contributed by atoms with Crippen molar-refractivity contribution in [2.24, 2.45) is 17.6 Å². The van der Waals surface area contributed by atoms with Gasteiger partial charge < -0.3 is 37.2 Å². The highest BCUT2D eigenvalue weighted by Gasteiger charge is 2.30. The summed E-state index contributed by atoms with van der Waals surface area (Å²) in [5.74, 6) is -3.74. The molecule has 0 spiro atoms. The molecule has 0 aliphatic rings. The molecule has 1 aromatic rings. The molecule has 0 bridgehead atoms. The molecule has 0 heterocycles. The summed E-state index contributed by atoms with van der Waals surface area (Å²) in [6, 6.07) is 3.24.